The number of nitrogens with zero attached hydrogens (tertiary/aromatic N) is 2. The molecule has 9 aromatic rings. The number of hydrogen-bond acceptors (Lipinski definition) is 0. The standard InChI is InChI=1S/C42H28N2/c1-3-14-29(15-4-1)33-22-12-26-39-41(33)35-20-7-9-24-37(35)43(39)31-18-11-19-32(28-31)44-38-25-10-8-21-36(38)42-34(23-13-27-40(42)44)30-16-5-2-6-17-30/h1-28H. The molecule has 0 aliphatic heterocycles. The lowest BCUT2D eigenvalue weighted by atomic mass is 9.99. The Bertz CT molecular complexity index is 2310. The maximum Gasteiger partial charge on any atom is 0.0547 e. The molecule has 0 amide bonds. The van der Waals surface area contributed by atoms with Gasteiger partial charge in [0.1, 0.15) is 0 Å². The molecule has 0 atom stereocenters. The van der Waals surface area contributed by atoms with E-state index < -0.39 is 0 Å². The topological polar surface area (TPSA) is 9.86 Å². The Morgan fingerprint density at radius 3 is 1.16 bits per heavy atom. The van der Waals surface area contributed by atoms with Crippen molar-refractivity contribution in [1.29, 1.82) is 0 Å². The fourth-order valence-corrected chi connectivity index (χ4v) is 7.08. The number of aromatic nitrogens is 2. The van der Waals surface area contributed by atoms with E-state index in [0.717, 1.165) is 11.4 Å². The van der Waals surface area contributed by atoms with Gasteiger partial charge in [-0.15, -0.1) is 0 Å². The Balaban J connectivity index is 1.32. The van der Waals surface area contributed by atoms with Crippen LogP contribution in [-0.2, 0) is 0 Å². The second-order valence-corrected chi connectivity index (χ2v) is 11.4. The first-order valence-electron chi connectivity index (χ1n) is 15.1. The average molecular weight is 561 g/mol. The molecule has 2 aromatic heterocycles. The Hall–Kier alpha value is -5.86. The molecule has 0 bridgehead atoms. The zero-order valence-electron chi connectivity index (χ0n) is 24.1. The van der Waals surface area contributed by atoms with Crippen LogP contribution >= 0.6 is 0 Å². The van der Waals surface area contributed by atoms with Crippen LogP contribution in [0.3, 0.4) is 0 Å². The molecular formula is C42H28N2. The summed E-state index contributed by atoms with van der Waals surface area (Å²) in [5, 5.41) is 5.08. The summed E-state index contributed by atoms with van der Waals surface area (Å²) < 4.78 is 4.84. The number of hydrogen-bond donors (Lipinski definition) is 0. The summed E-state index contributed by atoms with van der Waals surface area (Å²) >= 11 is 0. The summed E-state index contributed by atoms with van der Waals surface area (Å²) in [7, 11) is 0. The number of para-hydroxylation sites is 2. The van der Waals surface area contributed by atoms with Gasteiger partial charge in [-0.25, -0.2) is 0 Å². The van der Waals surface area contributed by atoms with Crippen molar-refractivity contribution in [1.82, 2.24) is 9.13 Å². The highest BCUT2D eigenvalue weighted by molar-refractivity contribution is 6.17. The molecule has 0 aliphatic carbocycles. The highest BCUT2D eigenvalue weighted by Crippen LogP contribution is 2.41. The van der Waals surface area contributed by atoms with Crippen LogP contribution in [0, 0.1) is 0 Å². The Morgan fingerprint density at radius 1 is 0.295 bits per heavy atom. The summed E-state index contributed by atoms with van der Waals surface area (Å²) in [6, 6.07) is 61.3. The molecule has 9 rings (SSSR count). The third-order valence-corrected chi connectivity index (χ3v) is 8.91. The van der Waals surface area contributed by atoms with Crippen LogP contribution in [0.25, 0.3) is 77.2 Å². The van der Waals surface area contributed by atoms with Crippen molar-refractivity contribution in [3.05, 3.63) is 170 Å². The first kappa shape index (κ1) is 24.7. The van der Waals surface area contributed by atoms with E-state index in [2.05, 4.69) is 179 Å². The van der Waals surface area contributed by atoms with Crippen molar-refractivity contribution in [2.45, 2.75) is 0 Å². The molecule has 2 nitrogen and oxygen atoms in total. The highest BCUT2D eigenvalue weighted by atomic mass is 15.0. The SMILES string of the molecule is c1ccc(-c2cccc3c2c2ccccc2n3-c2cccc(-n3c4ccccc4c4c(-c5ccccc5)cccc43)c2)cc1. The van der Waals surface area contributed by atoms with Crippen LogP contribution in [0.5, 0.6) is 0 Å². The van der Waals surface area contributed by atoms with E-state index in [4.69, 9.17) is 0 Å². The molecule has 2 heterocycles. The third kappa shape index (κ3) is 3.68. The molecule has 7 aromatic carbocycles. The molecule has 0 unspecified atom stereocenters. The average Bonchev–Trinajstić information content (AvgIpc) is 3.62. The minimum Gasteiger partial charge on any atom is -0.309 e. The van der Waals surface area contributed by atoms with Gasteiger partial charge >= 0.3 is 0 Å². The highest BCUT2D eigenvalue weighted by Gasteiger charge is 2.18. The van der Waals surface area contributed by atoms with Gasteiger partial charge in [-0.1, -0.05) is 127 Å². The summed E-state index contributed by atoms with van der Waals surface area (Å²) in [6.07, 6.45) is 0. The van der Waals surface area contributed by atoms with Gasteiger partial charge in [0.15, 0.2) is 0 Å². The molecular weight excluding hydrogens is 532 g/mol. The Morgan fingerprint density at radius 2 is 0.682 bits per heavy atom. The van der Waals surface area contributed by atoms with Gasteiger partial charge in [0.05, 0.1) is 22.1 Å². The maximum atomic E-state index is 2.42. The molecule has 0 aliphatic rings. The van der Waals surface area contributed by atoms with Gasteiger partial charge in [-0.2, -0.15) is 0 Å². The molecule has 0 N–H and O–H groups in total. The number of benzene rings is 7. The molecule has 0 saturated heterocycles. The number of rotatable bonds is 4. The van der Waals surface area contributed by atoms with Crippen LogP contribution in [-0.4, -0.2) is 9.13 Å². The van der Waals surface area contributed by atoms with E-state index in [1.807, 2.05) is 0 Å². The van der Waals surface area contributed by atoms with Gasteiger partial charge in [0.2, 0.25) is 0 Å². The normalized spacial score (nSPS) is 11.6. The van der Waals surface area contributed by atoms with E-state index >= 15 is 0 Å². The maximum absolute atomic E-state index is 2.42. The van der Waals surface area contributed by atoms with Crippen LogP contribution in [0.15, 0.2) is 170 Å². The molecule has 2 heteroatoms. The lowest BCUT2D eigenvalue weighted by Gasteiger charge is -2.13. The van der Waals surface area contributed by atoms with Gasteiger partial charge in [-0.05, 0) is 64.7 Å². The quantitative estimate of drug-likeness (QED) is 0.203. The monoisotopic (exact) mass is 560 g/mol. The van der Waals surface area contributed by atoms with Gasteiger partial charge < -0.3 is 9.13 Å². The van der Waals surface area contributed by atoms with Gasteiger partial charge in [0, 0.05) is 32.9 Å². The third-order valence-electron chi connectivity index (χ3n) is 8.91. The van der Waals surface area contributed by atoms with Gasteiger partial charge in [0.25, 0.3) is 0 Å². The van der Waals surface area contributed by atoms with Crippen LogP contribution in [0.1, 0.15) is 0 Å². The summed E-state index contributed by atoms with van der Waals surface area (Å²) in [4.78, 5) is 0. The molecule has 0 radical (unpaired) electrons. The van der Waals surface area contributed by atoms with Crippen LogP contribution in [0.4, 0.5) is 0 Å². The summed E-state index contributed by atoms with van der Waals surface area (Å²) in [6.45, 7) is 0. The van der Waals surface area contributed by atoms with Crippen molar-refractivity contribution < 1.29 is 0 Å². The fourth-order valence-electron chi connectivity index (χ4n) is 7.08. The van der Waals surface area contributed by atoms with E-state index in [0.29, 0.717) is 0 Å². The first-order chi connectivity index (χ1) is 21.9. The molecule has 0 saturated carbocycles. The predicted molar refractivity (Wildman–Crippen MR) is 186 cm³/mol. The van der Waals surface area contributed by atoms with Crippen molar-refractivity contribution in [2.75, 3.05) is 0 Å². The second-order valence-electron chi connectivity index (χ2n) is 11.4. The lowest BCUT2D eigenvalue weighted by Crippen LogP contribution is -1.98. The first-order valence-corrected chi connectivity index (χ1v) is 15.1. The van der Waals surface area contributed by atoms with Crippen molar-refractivity contribution in [3.8, 4) is 33.6 Å². The Kier molecular flexibility index (Phi) is 5.54. The summed E-state index contributed by atoms with van der Waals surface area (Å²) in [5.41, 5.74) is 12.1. The van der Waals surface area contributed by atoms with E-state index in [1.54, 1.807) is 0 Å². The lowest BCUT2D eigenvalue weighted by molar-refractivity contribution is 1.13. The van der Waals surface area contributed by atoms with E-state index in [-0.39, 0.29) is 0 Å². The van der Waals surface area contributed by atoms with Crippen molar-refractivity contribution in [3.63, 3.8) is 0 Å². The minimum atomic E-state index is 1.14. The zero-order chi connectivity index (χ0) is 29.0. The molecule has 0 fully saturated rings. The zero-order valence-corrected chi connectivity index (χ0v) is 24.1. The second kappa shape index (κ2) is 9.86. The molecule has 44 heavy (non-hydrogen) atoms. The van der Waals surface area contributed by atoms with Crippen LogP contribution in [0.2, 0.25) is 0 Å². The van der Waals surface area contributed by atoms with E-state index in [1.165, 1.54) is 65.9 Å². The van der Waals surface area contributed by atoms with E-state index in [9.17, 15) is 0 Å². The fraction of sp³-hybridized carbons (Fsp3) is 0. The smallest absolute Gasteiger partial charge is 0.0547 e. The minimum absolute atomic E-state index is 1.14. The predicted octanol–water partition coefficient (Wildman–Crippen LogP) is 11.2. The molecule has 206 valence electrons. The molecule has 0 spiro atoms. The van der Waals surface area contributed by atoms with Crippen molar-refractivity contribution in [2.24, 2.45) is 0 Å². The van der Waals surface area contributed by atoms with Gasteiger partial charge in [-0.3, -0.25) is 0 Å². The largest absolute Gasteiger partial charge is 0.309 e. The Labute approximate surface area is 255 Å². The van der Waals surface area contributed by atoms with Crippen LogP contribution < -0.4 is 0 Å². The van der Waals surface area contributed by atoms with Crippen molar-refractivity contribution >= 4 is 43.6 Å². The number of fused-ring (bicyclic) bond motifs is 6. The summed E-state index contributed by atoms with van der Waals surface area (Å²) in [5.74, 6) is 0.